The highest BCUT2D eigenvalue weighted by atomic mass is 19.4. The maximum Gasteiger partial charge on any atom is 0.416 e. The van der Waals surface area contributed by atoms with Crippen LogP contribution < -0.4 is 5.32 Å². The van der Waals surface area contributed by atoms with Crippen LogP contribution in [0.25, 0.3) is 16.8 Å². The van der Waals surface area contributed by atoms with E-state index in [0.717, 1.165) is 17.7 Å². The molecular formula is C21H15F4N5O. The van der Waals surface area contributed by atoms with Gasteiger partial charge in [0.25, 0.3) is 5.91 Å². The van der Waals surface area contributed by atoms with Gasteiger partial charge in [-0.1, -0.05) is 24.3 Å². The molecule has 0 saturated heterocycles. The molecule has 6 nitrogen and oxygen atoms in total. The number of carbonyl (C=O) groups excluding carboxylic acids is 1. The van der Waals surface area contributed by atoms with Crippen LogP contribution in [-0.2, 0) is 12.6 Å². The quantitative estimate of drug-likeness (QED) is 0.488. The van der Waals surface area contributed by atoms with Crippen molar-refractivity contribution in [1.82, 2.24) is 25.1 Å². The van der Waals surface area contributed by atoms with Crippen LogP contribution in [0.2, 0.25) is 0 Å². The Bertz CT molecular complexity index is 1230. The molecular weight excluding hydrogens is 414 g/mol. The van der Waals surface area contributed by atoms with Crippen molar-refractivity contribution in [2.24, 2.45) is 0 Å². The molecule has 2 heterocycles. The summed E-state index contributed by atoms with van der Waals surface area (Å²) >= 11 is 0. The smallest absolute Gasteiger partial charge is 0.350 e. The fourth-order valence-electron chi connectivity index (χ4n) is 3.08. The fourth-order valence-corrected chi connectivity index (χ4v) is 3.08. The van der Waals surface area contributed by atoms with E-state index in [4.69, 9.17) is 0 Å². The number of nitrogens with zero attached hydrogens (tertiary/aromatic N) is 4. The van der Waals surface area contributed by atoms with Crippen molar-refractivity contribution in [2.75, 3.05) is 6.54 Å². The molecule has 4 aromatic rings. The molecule has 0 fully saturated rings. The topological polar surface area (TPSA) is 72.2 Å². The van der Waals surface area contributed by atoms with Gasteiger partial charge >= 0.3 is 6.18 Å². The first-order chi connectivity index (χ1) is 14.8. The van der Waals surface area contributed by atoms with Gasteiger partial charge in [0.05, 0.1) is 5.56 Å². The summed E-state index contributed by atoms with van der Waals surface area (Å²) < 4.78 is 53.6. The number of carbonyl (C=O) groups is 1. The molecule has 0 aliphatic carbocycles. The highest BCUT2D eigenvalue weighted by molar-refractivity contribution is 5.94. The van der Waals surface area contributed by atoms with Crippen molar-refractivity contribution in [1.29, 1.82) is 0 Å². The van der Waals surface area contributed by atoms with Crippen molar-refractivity contribution in [3.63, 3.8) is 0 Å². The van der Waals surface area contributed by atoms with Crippen LogP contribution in [0.4, 0.5) is 17.6 Å². The van der Waals surface area contributed by atoms with Crippen LogP contribution >= 0.6 is 0 Å². The maximum absolute atomic E-state index is 13.1. The predicted octanol–water partition coefficient (Wildman–Crippen LogP) is 3.92. The SMILES string of the molecule is O=C(NCCc1ccc(F)cc1)c1cc(-c2cccc(C(F)(F)F)c2)c2nncn2n1. The summed E-state index contributed by atoms with van der Waals surface area (Å²) in [5, 5.41) is 14.5. The minimum atomic E-state index is -4.51. The van der Waals surface area contributed by atoms with Crippen LogP contribution in [0.15, 0.2) is 60.9 Å². The third-order valence-corrected chi connectivity index (χ3v) is 4.61. The third kappa shape index (κ3) is 4.52. The predicted molar refractivity (Wildman–Crippen MR) is 104 cm³/mol. The number of nitrogens with one attached hydrogen (secondary N) is 1. The fraction of sp³-hybridized carbons (Fsp3) is 0.143. The lowest BCUT2D eigenvalue weighted by Gasteiger charge is -2.11. The van der Waals surface area contributed by atoms with Gasteiger partial charge in [0.1, 0.15) is 17.8 Å². The molecule has 0 atom stereocenters. The molecule has 0 radical (unpaired) electrons. The normalized spacial score (nSPS) is 11.6. The molecule has 31 heavy (non-hydrogen) atoms. The molecule has 2 aromatic heterocycles. The summed E-state index contributed by atoms with van der Waals surface area (Å²) in [6.07, 6.45) is -2.77. The van der Waals surface area contributed by atoms with E-state index in [9.17, 15) is 22.4 Å². The van der Waals surface area contributed by atoms with Crippen molar-refractivity contribution in [3.8, 4) is 11.1 Å². The van der Waals surface area contributed by atoms with E-state index < -0.39 is 17.6 Å². The summed E-state index contributed by atoms with van der Waals surface area (Å²) in [5.41, 5.74) is 0.775. The largest absolute Gasteiger partial charge is 0.416 e. The van der Waals surface area contributed by atoms with E-state index in [1.54, 1.807) is 12.1 Å². The summed E-state index contributed by atoms with van der Waals surface area (Å²) in [7, 11) is 0. The van der Waals surface area contributed by atoms with E-state index >= 15 is 0 Å². The highest BCUT2D eigenvalue weighted by Crippen LogP contribution is 2.33. The number of aromatic nitrogens is 4. The third-order valence-electron chi connectivity index (χ3n) is 4.61. The van der Waals surface area contributed by atoms with Crippen molar-refractivity contribution in [2.45, 2.75) is 12.6 Å². The lowest BCUT2D eigenvalue weighted by molar-refractivity contribution is -0.137. The average Bonchev–Trinajstić information content (AvgIpc) is 3.22. The molecule has 0 saturated carbocycles. The Labute approximate surface area is 173 Å². The standard InChI is InChI=1S/C21H15F4N5O/c22-16-6-4-13(5-7-16)8-9-26-20(31)18-11-17(19-28-27-12-30(19)29-18)14-2-1-3-15(10-14)21(23,24)25/h1-7,10-12H,8-9H2,(H,26,31). The number of rotatable bonds is 5. The Kier molecular flexibility index (Phi) is 5.37. The van der Waals surface area contributed by atoms with Crippen LogP contribution in [0, 0.1) is 5.82 Å². The number of halogens is 4. The second-order valence-electron chi connectivity index (χ2n) is 6.75. The summed E-state index contributed by atoms with van der Waals surface area (Å²) in [4.78, 5) is 12.6. The first-order valence-electron chi connectivity index (χ1n) is 9.22. The molecule has 10 heteroatoms. The van der Waals surface area contributed by atoms with Gasteiger partial charge in [-0.05, 0) is 47.9 Å². The van der Waals surface area contributed by atoms with Gasteiger partial charge in [-0.2, -0.15) is 22.8 Å². The Morgan fingerprint density at radius 3 is 2.58 bits per heavy atom. The van der Waals surface area contributed by atoms with Crippen molar-refractivity contribution >= 4 is 11.6 Å². The molecule has 158 valence electrons. The van der Waals surface area contributed by atoms with Gasteiger partial charge in [0.2, 0.25) is 0 Å². The Morgan fingerprint density at radius 2 is 1.84 bits per heavy atom. The molecule has 4 rings (SSSR count). The van der Waals surface area contributed by atoms with Gasteiger partial charge in [-0.3, -0.25) is 4.79 Å². The molecule has 0 bridgehead atoms. The van der Waals surface area contributed by atoms with Gasteiger partial charge < -0.3 is 5.32 Å². The minimum Gasteiger partial charge on any atom is -0.350 e. The Balaban J connectivity index is 1.59. The lowest BCUT2D eigenvalue weighted by atomic mass is 10.0. The summed E-state index contributed by atoms with van der Waals surface area (Å²) in [5.74, 6) is -0.854. The summed E-state index contributed by atoms with van der Waals surface area (Å²) in [6, 6.07) is 12.0. The average molecular weight is 429 g/mol. The Hall–Kier alpha value is -3.82. The second kappa shape index (κ2) is 8.13. The van der Waals surface area contributed by atoms with Crippen molar-refractivity contribution in [3.05, 3.63) is 83.6 Å². The zero-order valence-corrected chi connectivity index (χ0v) is 15.9. The zero-order valence-electron chi connectivity index (χ0n) is 15.9. The van der Waals surface area contributed by atoms with Gasteiger partial charge in [0, 0.05) is 12.1 Å². The zero-order chi connectivity index (χ0) is 22.0. The van der Waals surface area contributed by atoms with E-state index in [1.165, 1.54) is 41.2 Å². The number of alkyl halides is 3. The molecule has 1 amide bonds. The number of amides is 1. The van der Waals surface area contributed by atoms with Gasteiger partial charge in [-0.25, -0.2) is 4.39 Å². The van der Waals surface area contributed by atoms with Crippen molar-refractivity contribution < 1.29 is 22.4 Å². The van der Waals surface area contributed by atoms with Gasteiger partial charge in [0.15, 0.2) is 5.65 Å². The van der Waals surface area contributed by atoms with Crippen LogP contribution in [0.3, 0.4) is 0 Å². The molecule has 0 aliphatic rings. The van der Waals surface area contributed by atoms with Crippen LogP contribution in [0.5, 0.6) is 0 Å². The van der Waals surface area contributed by atoms with E-state index in [1.807, 2.05) is 0 Å². The molecule has 0 aliphatic heterocycles. The van der Waals surface area contributed by atoms with E-state index in [0.29, 0.717) is 12.0 Å². The molecule has 0 unspecified atom stereocenters. The van der Waals surface area contributed by atoms with Crippen LogP contribution in [0.1, 0.15) is 21.6 Å². The monoisotopic (exact) mass is 429 g/mol. The first kappa shape index (κ1) is 20.5. The Morgan fingerprint density at radius 1 is 1.06 bits per heavy atom. The molecule has 0 spiro atoms. The second-order valence-corrected chi connectivity index (χ2v) is 6.75. The van der Waals surface area contributed by atoms with Gasteiger partial charge in [-0.15, -0.1) is 10.2 Å². The van der Waals surface area contributed by atoms with E-state index in [2.05, 4.69) is 20.6 Å². The van der Waals surface area contributed by atoms with Crippen LogP contribution in [-0.4, -0.2) is 32.3 Å². The summed E-state index contributed by atoms with van der Waals surface area (Å²) in [6.45, 7) is 0.269. The number of benzene rings is 2. The lowest BCUT2D eigenvalue weighted by Crippen LogP contribution is -2.27. The number of fused-ring (bicyclic) bond motifs is 1. The number of hydrogen-bond acceptors (Lipinski definition) is 4. The molecule has 1 N–H and O–H groups in total. The van der Waals surface area contributed by atoms with E-state index in [-0.39, 0.29) is 29.3 Å². The number of hydrogen-bond donors (Lipinski definition) is 1. The first-order valence-corrected chi connectivity index (χ1v) is 9.22. The molecule has 2 aromatic carbocycles. The maximum atomic E-state index is 13.1. The highest BCUT2D eigenvalue weighted by Gasteiger charge is 2.30. The minimum absolute atomic E-state index is 0.00109.